The Morgan fingerprint density at radius 3 is 2.61 bits per heavy atom. The highest BCUT2D eigenvalue weighted by molar-refractivity contribution is 5.81. The van der Waals surface area contributed by atoms with Crippen molar-refractivity contribution < 1.29 is 9.47 Å². The maximum atomic E-state index is 5.83. The fourth-order valence-electron chi connectivity index (χ4n) is 2.11. The van der Waals surface area contributed by atoms with Crippen LogP contribution in [0.25, 0.3) is 0 Å². The molecule has 23 heavy (non-hydrogen) atoms. The Morgan fingerprint density at radius 2 is 1.87 bits per heavy atom. The Kier molecular flexibility index (Phi) is 6.98. The molecule has 0 saturated heterocycles. The summed E-state index contributed by atoms with van der Waals surface area (Å²) in [6.07, 6.45) is 5.17. The van der Waals surface area contributed by atoms with E-state index < -0.39 is 0 Å². The number of unbranched alkanes of at least 4 members (excludes halogenated alkanes) is 2. The quantitative estimate of drug-likeness (QED) is 0.414. The summed E-state index contributed by atoms with van der Waals surface area (Å²) in [4.78, 5) is 0. The van der Waals surface area contributed by atoms with Gasteiger partial charge in [0.1, 0.15) is 0 Å². The molecule has 2 rings (SSSR count). The van der Waals surface area contributed by atoms with Gasteiger partial charge in [0.2, 0.25) is 0 Å². The second kappa shape index (κ2) is 9.51. The van der Waals surface area contributed by atoms with Crippen molar-refractivity contribution in [2.24, 2.45) is 5.10 Å². The summed E-state index contributed by atoms with van der Waals surface area (Å²) in [5.74, 6) is 1.50. The minimum atomic E-state index is 0.701. The molecule has 0 heterocycles. The van der Waals surface area contributed by atoms with Crippen molar-refractivity contribution in [2.45, 2.75) is 26.2 Å². The first-order valence-electron chi connectivity index (χ1n) is 7.98. The van der Waals surface area contributed by atoms with Gasteiger partial charge in [-0.2, -0.15) is 5.10 Å². The van der Waals surface area contributed by atoms with Crippen LogP contribution in [0.1, 0.15) is 31.7 Å². The van der Waals surface area contributed by atoms with Crippen molar-refractivity contribution in [2.75, 3.05) is 19.1 Å². The van der Waals surface area contributed by atoms with Crippen LogP contribution in [-0.4, -0.2) is 19.9 Å². The maximum Gasteiger partial charge on any atom is 0.161 e. The van der Waals surface area contributed by atoms with E-state index in [1.54, 1.807) is 13.3 Å². The van der Waals surface area contributed by atoms with Crippen LogP contribution in [0.4, 0.5) is 5.69 Å². The lowest BCUT2D eigenvalue weighted by Crippen LogP contribution is -2.00. The van der Waals surface area contributed by atoms with Crippen LogP contribution in [0.2, 0.25) is 0 Å². The smallest absolute Gasteiger partial charge is 0.161 e. The molecule has 0 amide bonds. The molecule has 0 unspecified atom stereocenters. The minimum Gasteiger partial charge on any atom is -0.493 e. The fourth-order valence-corrected chi connectivity index (χ4v) is 2.11. The van der Waals surface area contributed by atoms with E-state index >= 15 is 0 Å². The van der Waals surface area contributed by atoms with Crippen LogP contribution < -0.4 is 14.9 Å². The third kappa shape index (κ3) is 5.66. The number of hydrogen-bond acceptors (Lipinski definition) is 4. The van der Waals surface area contributed by atoms with Crippen LogP contribution in [0, 0.1) is 0 Å². The number of nitrogens with one attached hydrogen (secondary N) is 1. The molecule has 0 aliphatic carbocycles. The minimum absolute atomic E-state index is 0.701. The Balaban J connectivity index is 1.98. The number of hydrazone groups is 1. The van der Waals surface area contributed by atoms with Gasteiger partial charge in [0, 0.05) is 0 Å². The number of methoxy groups -OCH3 is 1. The molecule has 0 radical (unpaired) electrons. The Morgan fingerprint density at radius 1 is 1.04 bits per heavy atom. The van der Waals surface area contributed by atoms with Gasteiger partial charge in [0.05, 0.1) is 25.6 Å². The first kappa shape index (κ1) is 16.9. The molecule has 4 heteroatoms. The third-order valence-electron chi connectivity index (χ3n) is 3.37. The van der Waals surface area contributed by atoms with Gasteiger partial charge in [-0.25, -0.2) is 0 Å². The summed E-state index contributed by atoms with van der Waals surface area (Å²) in [7, 11) is 1.65. The first-order chi connectivity index (χ1) is 11.3. The summed E-state index contributed by atoms with van der Waals surface area (Å²) >= 11 is 0. The van der Waals surface area contributed by atoms with Gasteiger partial charge in [-0.15, -0.1) is 0 Å². The lowest BCUT2D eigenvalue weighted by Gasteiger charge is -2.11. The molecule has 0 fully saturated rings. The third-order valence-corrected chi connectivity index (χ3v) is 3.37. The molecular weight excluding hydrogens is 288 g/mol. The van der Waals surface area contributed by atoms with Crippen molar-refractivity contribution in [3.05, 3.63) is 54.1 Å². The number of rotatable bonds is 9. The number of nitrogens with zero attached hydrogens (tertiary/aromatic N) is 1. The zero-order chi connectivity index (χ0) is 16.3. The second-order valence-corrected chi connectivity index (χ2v) is 5.20. The molecule has 0 saturated carbocycles. The highest BCUT2D eigenvalue weighted by Crippen LogP contribution is 2.27. The van der Waals surface area contributed by atoms with Gasteiger partial charge in [-0.3, -0.25) is 5.43 Å². The fraction of sp³-hybridized carbons (Fsp3) is 0.316. The number of benzene rings is 2. The molecule has 122 valence electrons. The van der Waals surface area contributed by atoms with Crippen molar-refractivity contribution in [1.29, 1.82) is 0 Å². The van der Waals surface area contributed by atoms with Crippen molar-refractivity contribution in [3.8, 4) is 11.5 Å². The molecule has 0 bridgehead atoms. The highest BCUT2D eigenvalue weighted by atomic mass is 16.5. The first-order valence-corrected chi connectivity index (χ1v) is 7.98. The molecule has 0 aliphatic rings. The summed E-state index contributed by atoms with van der Waals surface area (Å²) < 4.78 is 11.2. The number of para-hydroxylation sites is 1. The standard InChI is InChI=1S/C19H24N2O2/c1-3-4-8-13-23-19-14-16(11-12-18(19)22-2)15-20-21-17-9-6-5-7-10-17/h5-7,9-12,14-15,21H,3-4,8,13H2,1-2H3. The van der Waals surface area contributed by atoms with Crippen LogP contribution in [0.15, 0.2) is 53.6 Å². The largest absolute Gasteiger partial charge is 0.493 e. The molecular formula is C19H24N2O2. The average molecular weight is 312 g/mol. The van der Waals surface area contributed by atoms with Crippen LogP contribution >= 0.6 is 0 Å². The highest BCUT2D eigenvalue weighted by Gasteiger charge is 2.05. The Bertz CT molecular complexity index is 612. The van der Waals surface area contributed by atoms with Gasteiger partial charge >= 0.3 is 0 Å². The van der Waals surface area contributed by atoms with E-state index in [4.69, 9.17) is 9.47 Å². The van der Waals surface area contributed by atoms with Crippen molar-refractivity contribution in [1.82, 2.24) is 0 Å². The van der Waals surface area contributed by atoms with E-state index in [9.17, 15) is 0 Å². The van der Waals surface area contributed by atoms with E-state index in [1.807, 2.05) is 48.5 Å². The molecule has 2 aromatic carbocycles. The van der Waals surface area contributed by atoms with E-state index in [-0.39, 0.29) is 0 Å². The van der Waals surface area contributed by atoms with Gasteiger partial charge in [-0.05, 0) is 42.3 Å². The number of ether oxygens (including phenoxy) is 2. The lowest BCUT2D eigenvalue weighted by atomic mass is 10.2. The molecule has 0 aliphatic heterocycles. The monoisotopic (exact) mass is 312 g/mol. The van der Waals surface area contributed by atoms with E-state index in [2.05, 4.69) is 17.5 Å². The Labute approximate surface area is 138 Å². The molecule has 0 aromatic heterocycles. The lowest BCUT2D eigenvalue weighted by molar-refractivity contribution is 0.286. The van der Waals surface area contributed by atoms with Gasteiger partial charge in [0.25, 0.3) is 0 Å². The topological polar surface area (TPSA) is 42.8 Å². The maximum absolute atomic E-state index is 5.83. The van der Waals surface area contributed by atoms with Gasteiger partial charge < -0.3 is 9.47 Å². The normalized spacial score (nSPS) is 10.7. The average Bonchev–Trinajstić information content (AvgIpc) is 2.60. The molecule has 1 N–H and O–H groups in total. The molecule has 4 nitrogen and oxygen atoms in total. The van der Waals surface area contributed by atoms with E-state index in [1.165, 1.54) is 12.8 Å². The summed E-state index contributed by atoms with van der Waals surface area (Å²) in [5, 5.41) is 4.25. The summed E-state index contributed by atoms with van der Waals surface area (Å²) in [5.41, 5.74) is 4.91. The predicted molar refractivity (Wildman–Crippen MR) is 95.7 cm³/mol. The summed E-state index contributed by atoms with van der Waals surface area (Å²) in [6.45, 7) is 2.88. The predicted octanol–water partition coefficient (Wildman–Crippen LogP) is 4.71. The molecule has 2 aromatic rings. The number of anilines is 1. The van der Waals surface area contributed by atoms with Crippen molar-refractivity contribution >= 4 is 11.9 Å². The zero-order valence-electron chi connectivity index (χ0n) is 13.8. The van der Waals surface area contributed by atoms with Gasteiger partial charge in [-0.1, -0.05) is 38.0 Å². The van der Waals surface area contributed by atoms with Crippen LogP contribution in [0.3, 0.4) is 0 Å². The van der Waals surface area contributed by atoms with Crippen molar-refractivity contribution in [3.63, 3.8) is 0 Å². The van der Waals surface area contributed by atoms with Gasteiger partial charge in [0.15, 0.2) is 11.5 Å². The van der Waals surface area contributed by atoms with Crippen LogP contribution in [-0.2, 0) is 0 Å². The van der Waals surface area contributed by atoms with Crippen LogP contribution in [0.5, 0.6) is 11.5 Å². The molecule has 0 spiro atoms. The van der Waals surface area contributed by atoms with E-state index in [0.717, 1.165) is 29.2 Å². The summed E-state index contributed by atoms with van der Waals surface area (Å²) in [6, 6.07) is 15.6. The zero-order valence-corrected chi connectivity index (χ0v) is 13.8. The van der Waals surface area contributed by atoms with E-state index in [0.29, 0.717) is 6.61 Å². The number of hydrogen-bond donors (Lipinski definition) is 1. The second-order valence-electron chi connectivity index (χ2n) is 5.20. The Hall–Kier alpha value is -2.49. The molecule has 0 atom stereocenters. The SMILES string of the molecule is CCCCCOc1cc(C=NNc2ccccc2)ccc1OC.